The molecule has 2 nitrogen and oxygen atoms in total. The summed E-state index contributed by atoms with van der Waals surface area (Å²) in [5.41, 5.74) is 9.08. The Labute approximate surface area is 122 Å². The normalized spacial score (nSPS) is 21.0. The average Bonchev–Trinajstić information content (AvgIpc) is 2.48. The Kier molecular flexibility index (Phi) is 3.64. The highest BCUT2D eigenvalue weighted by atomic mass is 19.3. The van der Waals surface area contributed by atoms with Crippen LogP contribution in [-0.2, 0) is 0 Å². The molecule has 2 atom stereocenters. The topological polar surface area (TPSA) is 35.2 Å². The Balaban J connectivity index is 1.92. The highest BCUT2D eigenvalue weighted by Crippen LogP contribution is 2.40. The van der Waals surface area contributed by atoms with Crippen LogP contribution in [0.3, 0.4) is 0 Å². The van der Waals surface area contributed by atoms with E-state index in [1.54, 1.807) is 6.07 Å². The van der Waals surface area contributed by atoms with Crippen molar-refractivity contribution in [3.8, 4) is 5.75 Å². The number of halogens is 2. The van der Waals surface area contributed by atoms with Gasteiger partial charge in [-0.15, -0.1) is 0 Å². The van der Waals surface area contributed by atoms with Gasteiger partial charge in [0.2, 0.25) is 0 Å². The Morgan fingerprint density at radius 2 is 2.00 bits per heavy atom. The summed E-state index contributed by atoms with van der Waals surface area (Å²) in [4.78, 5) is 0. The first-order valence-electron chi connectivity index (χ1n) is 6.95. The molecule has 2 aromatic rings. The van der Waals surface area contributed by atoms with Crippen molar-refractivity contribution in [1.29, 1.82) is 0 Å². The lowest BCUT2D eigenvalue weighted by Crippen LogP contribution is -2.24. The van der Waals surface area contributed by atoms with Crippen molar-refractivity contribution in [3.63, 3.8) is 0 Å². The predicted octanol–water partition coefficient (Wildman–Crippen LogP) is 4.46. The van der Waals surface area contributed by atoms with Crippen molar-refractivity contribution >= 4 is 0 Å². The van der Waals surface area contributed by atoms with E-state index in [1.165, 1.54) is 12.1 Å². The molecule has 0 aliphatic carbocycles. The van der Waals surface area contributed by atoms with Gasteiger partial charge in [0.15, 0.2) is 0 Å². The molecule has 1 unspecified atom stereocenters. The molecule has 3 rings (SSSR count). The van der Waals surface area contributed by atoms with Crippen LogP contribution in [0.5, 0.6) is 5.75 Å². The zero-order valence-corrected chi connectivity index (χ0v) is 11.7. The van der Waals surface area contributed by atoms with Crippen LogP contribution in [0.4, 0.5) is 8.78 Å². The maximum absolute atomic E-state index is 12.8. The van der Waals surface area contributed by atoms with Crippen LogP contribution >= 0.6 is 0 Å². The summed E-state index contributed by atoms with van der Waals surface area (Å²) < 4.78 is 31.6. The van der Waals surface area contributed by atoms with Gasteiger partial charge in [-0.2, -0.15) is 0 Å². The van der Waals surface area contributed by atoms with E-state index in [0.29, 0.717) is 6.42 Å². The minimum Gasteiger partial charge on any atom is -0.485 e. The first-order valence-corrected chi connectivity index (χ1v) is 6.95. The average molecular weight is 289 g/mol. The molecule has 0 fully saturated rings. The highest BCUT2D eigenvalue weighted by Gasteiger charge is 2.27. The van der Waals surface area contributed by atoms with E-state index in [0.717, 1.165) is 22.4 Å². The number of hydrogen-bond donors (Lipinski definition) is 1. The molecule has 0 aromatic heterocycles. The predicted molar refractivity (Wildman–Crippen MR) is 77.5 cm³/mol. The third-order valence-corrected chi connectivity index (χ3v) is 3.84. The number of alkyl halides is 2. The lowest BCUT2D eigenvalue weighted by Gasteiger charge is -2.31. The van der Waals surface area contributed by atoms with E-state index in [9.17, 15) is 8.78 Å². The summed E-state index contributed by atoms with van der Waals surface area (Å²) in [7, 11) is 0. The number of hydrogen-bond acceptors (Lipinski definition) is 2. The van der Waals surface area contributed by atoms with Gasteiger partial charge in [-0.05, 0) is 24.6 Å². The van der Waals surface area contributed by atoms with Crippen molar-refractivity contribution in [3.05, 3.63) is 64.7 Å². The summed E-state index contributed by atoms with van der Waals surface area (Å²) in [6.45, 7) is 2.01. The summed E-state index contributed by atoms with van der Waals surface area (Å²) in [5, 5.41) is 0. The van der Waals surface area contributed by atoms with Gasteiger partial charge < -0.3 is 10.5 Å². The number of ether oxygens (including phenoxy) is 1. The highest BCUT2D eigenvalue weighted by molar-refractivity contribution is 5.42. The molecule has 1 heterocycles. The summed E-state index contributed by atoms with van der Waals surface area (Å²) in [5.74, 6) is 0.742. The fourth-order valence-corrected chi connectivity index (χ4v) is 2.72. The largest absolute Gasteiger partial charge is 0.485 e. The molecular formula is C17H17F2NO. The summed E-state index contributed by atoms with van der Waals surface area (Å²) in [6, 6.07) is 12.1. The summed E-state index contributed by atoms with van der Waals surface area (Å²) >= 11 is 0. The van der Waals surface area contributed by atoms with Gasteiger partial charge in [0, 0.05) is 23.6 Å². The molecule has 0 saturated carbocycles. The lowest BCUT2D eigenvalue weighted by atomic mass is 9.92. The molecule has 0 radical (unpaired) electrons. The van der Waals surface area contributed by atoms with E-state index in [1.807, 2.05) is 31.2 Å². The fourth-order valence-electron chi connectivity index (χ4n) is 2.72. The van der Waals surface area contributed by atoms with Crippen LogP contribution in [0.25, 0.3) is 0 Å². The first kappa shape index (κ1) is 14.0. The molecule has 0 bridgehead atoms. The van der Waals surface area contributed by atoms with Crippen LogP contribution in [0.2, 0.25) is 0 Å². The zero-order chi connectivity index (χ0) is 15.0. The Morgan fingerprint density at radius 1 is 1.19 bits per heavy atom. The number of benzene rings is 2. The van der Waals surface area contributed by atoms with Crippen LogP contribution < -0.4 is 10.5 Å². The second kappa shape index (κ2) is 5.45. The number of nitrogens with two attached hydrogens (primary N) is 1. The van der Waals surface area contributed by atoms with Gasteiger partial charge in [-0.25, -0.2) is 8.78 Å². The molecular weight excluding hydrogens is 272 g/mol. The molecule has 21 heavy (non-hydrogen) atoms. The van der Waals surface area contributed by atoms with Gasteiger partial charge in [-0.1, -0.05) is 35.9 Å². The van der Waals surface area contributed by atoms with Gasteiger partial charge in [0.1, 0.15) is 11.9 Å². The monoisotopic (exact) mass is 289 g/mol. The molecule has 2 N–H and O–H groups in total. The Bertz CT molecular complexity index is 657. The van der Waals surface area contributed by atoms with Crippen molar-refractivity contribution in [1.82, 2.24) is 0 Å². The number of aryl methyl sites for hydroxylation is 1. The minimum absolute atomic E-state index is 0.0133. The first-order chi connectivity index (χ1) is 10.0. The molecule has 1 aliphatic rings. The van der Waals surface area contributed by atoms with Gasteiger partial charge >= 0.3 is 0 Å². The Morgan fingerprint density at radius 3 is 2.76 bits per heavy atom. The molecule has 110 valence electrons. The lowest BCUT2D eigenvalue weighted by molar-refractivity contribution is 0.148. The molecule has 0 amide bonds. The maximum Gasteiger partial charge on any atom is 0.263 e. The molecule has 2 aromatic carbocycles. The van der Waals surface area contributed by atoms with Gasteiger partial charge in [0.05, 0.1) is 0 Å². The third-order valence-electron chi connectivity index (χ3n) is 3.84. The molecule has 0 spiro atoms. The van der Waals surface area contributed by atoms with E-state index >= 15 is 0 Å². The SMILES string of the molecule is Cc1ccc2c(c1)[C@H](N)CC(c1cccc(C(F)F)c1)O2. The molecule has 1 aliphatic heterocycles. The van der Waals surface area contributed by atoms with Crippen molar-refractivity contribution < 1.29 is 13.5 Å². The van der Waals surface area contributed by atoms with Crippen molar-refractivity contribution in [2.75, 3.05) is 0 Å². The number of rotatable bonds is 2. The van der Waals surface area contributed by atoms with E-state index in [-0.39, 0.29) is 17.7 Å². The second-order valence-electron chi connectivity index (χ2n) is 5.46. The van der Waals surface area contributed by atoms with Crippen LogP contribution in [0.15, 0.2) is 42.5 Å². The fraction of sp³-hybridized carbons (Fsp3) is 0.294. The Hall–Kier alpha value is -1.94. The third kappa shape index (κ3) is 2.76. The quantitative estimate of drug-likeness (QED) is 0.886. The minimum atomic E-state index is -2.47. The van der Waals surface area contributed by atoms with Crippen molar-refractivity contribution in [2.45, 2.75) is 31.9 Å². The standard InChI is InChI=1S/C17H17F2NO/c1-10-5-6-15-13(7-10)14(20)9-16(21-15)11-3-2-4-12(8-11)17(18)19/h2-8,14,16-17H,9,20H2,1H3/t14-,16?/m1/s1. The molecule has 4 heteroatoms. The van der Waals surface area contributed by atoms with E-state index in [2.05, 4.69) is 0 Å². The van der Waals surface area contributed by atoms with Crippen LogP contribution in [0, 0.1) is 6.92 Å². The van der Waals surface area contributed by atoms with Crippen LogP contribution in [-0.4, -0.2) is 0 Å². The van der Waals surface area contributed by atoms with Gasteiger partial charge in [-0.3, -0.25) is 0 Å². The maximum atomic E-state index is 12.8. The second-order valence-corrected chi connectivity index (χ2v) is 5.46. The van der Waals surface area contributed by atoms with Gasteiger partial charge in [0.25, 0.3) is 6.43 Å². The van der Waals surface area contributed by atoms with E-state index in [4.69, 9.17) is 10.5 Å². The van der Waals surface area contributed by atoms with Crippen LogP contribution in [0.1, 0.15) is 47.2 Å². The van der Waals surface area contributed by atoms with Crippen molar-refractivity contribution in [2.24, 2.45) is 5.73 Å². The molecule has 0 saturated heterocycles. The number of fused-ring (bicyclic) bond motifs is 1. The van der Waals surface area contributed by atoms with E-state index < -0.39 is 6.43 Å². The zero-order valence-electron chi connectivity index (χ0n) is 11.7. The summed E-state index contributed by atoms with van der Waals surface area (Å²) in [6.07, 6.45) is -2.17. The smallest absolute Gasteiger partial charge is 0.263 e.